The number of alkyl halides is 3. The van der Waals surface area contributed by atoms with Crippen molar-refractivity contribution in [3.05, 3.63) is 87.9 Å². The number of carbonyl (C=O) groups is 4. The summed E-state index contributed by atoms with van der Waals surface area (Å²) >= 11 is 12.4. The topological polar surface area (TPSA) is 126 Å². The molecule has 11 nitrogen and oxygen atoms in total. The molecule has 1 N–H and O–H groups in total. The Morgan fingerprint density at radius 3 is 2.37 bits per heavy atom. The maximum absolute atomic E-state index is 13.8. The maximum atomic E-state index is 13.8. The largest absolute Gasteiger partial charge is 0.491 e. The standard InChI is InChI=1S/C41H40ClF3N6O5S/c42-34-23-31(51-39(57)50(38(55)40(51)11-2-12-40)30-7-5-29(24-46)33(22-30)41(43,44)45)8-9-35(34)56-18-17-48-13-15-49(16-14-48)25-32(52)21-27-4-1-3-26(19-27)20-28-6-10-36(53)47-37(28)54/h1,3-5,7-9,19,22-23,28H,2,6,10-18,20-21,25H2,(H,47,53,54). The number of ketones is 1. The monoisotopic (exact) mass is 820 g/mol. The summed E-state index contributed by atoms with van der Waals surface area (Å²) in [6, 6.07) is 17.5. The fraction of sp³-hybridized carbons (Fsp3) is 0.415. The molecule has 0 bridgehead atoms. The quantitative estimate of drug-likeness (QED) is 0.180. The van der Waals surface area contributed by atoms with Gasteiger partial charge in [0, 0.05) is 57.2 Å². The zero-order valence-corrected chi connectivity index (χ0v) is 32.5. The first-order chi connectivity index (χ1) is 27.3. The third kappa shape index (κ3) is 8.55. The van der Waals surface area contributed by atoms with Gasteiger partial charge in [-0.1, -0.05) is 35.9 Å². The second-order valence-electron chi connectivity index (χ2n) is 15.0. The number of amides is 3. The number of nitrogens with zero attached hydrogens (tertiary/aromatic N) is 5. The molecule has 3 aliphatic heterocycles. The lowest BCUT2D eigenvalue weighted by molar-refractivity contribution is -0.138. The lowest BCUT2D eigenvalue weighted by atomic mass is 9.75. The number of hydrogen-bond acceptors (Lipinski definition) is 9. The van der Waals surface area contributed by atoms with Crippen LogP contribution in [0.15, 0.2) is 60.7 Å². The number of anilines is 2. The molecule has 7 rings (SSSR count). The van der Waals surface area contributed by atoms with Crippen LogP contribution in [0.4, 0.5) is 24.5 Å². The van der Waals surface area contributed by atoms with Crippen LogP contribution < -0.4 is 19.9 Å². The van der Waals surface area contributed by atoms with E-state index in [1.54, 1.807) is 29.2 Å². The van der Waals surface area contributed by atoms with Crippen LogP contribution in [-0.2, 0) is 38.2 Å². The van der Waals surface area contributed by atoms with Crippen LogP contribution in [0.25, 0.3) is 0 Å². The molecular formula is C41H40ClF3N6O5S. The number of rotatable bonds is 12. The molecule has 1 unspecified atom stereocenters. The molecule has 0 radical (unpaired) electrons. The maximum Gasteiger partial charge on any atom is 0.417 e. The molecule has 1 saturated carbocycles. The summed E-state index contributed by atoms with van der Waals surface area (Å²) in [5.74, 6) is -0.602. The number of benzene rings is 3. The van der Waals surface area contributed by atoms with Gasteiger partial charge in [-0.05, 0) is 91.8 Å². The molecule has 16 heteroatoms. The Hall–Kier alpha value is -4.88. The van der Waals surface area contributed by atoms with Gasteiger partial charge < -0.3 is 9.64 Å². The van der Waals surface area contributed by atoms with Crippen molar-refractivity contribution in [1.82, 2.24) is 15.1 Å². The molecule has 0 aromatic heterocycles. The van der Waals surface area contributed by atoms with Crippen molar-refractivity contribution in [2.24, 2.45) is 5.92 Å². The van der Waals surface area contributed by atoms with Gasteiger partial charge in [0.2, 0.25) is 11.8 Å². The molecule has 3 aromatic rings. The van der Waals surface area contributed by atoms with E-state index in [9.17, 15) is 37.6 Å². The van der Waals surface area contributed by atoms with Crippen LogP contribution in [0, 0.1) is 17.2 Å². The Bertz CT molecular complexity index is 2150. The Balaban J connectivity index is 0.894. The van der Waals surface area contributed by atoms with Gasteiger partial charge in [0.05, 0.1) is 34.5 Å². The number of carbonyl (C=O) groups excluding carboxylic acids is 4. The zero-order chi connectivity index (χ0) is 40.5. The molecule has 298 valence electrons. The van der Waals surface area contributed by atoms with Crippen molar-refractivity contribution < 1.29 is 37.1 Å². The van der Waals surface area contributed by atoms with Crippen LogP contribution in [0.1, 0.15) is 54.4 Å². The lowest BCUT2D eigenvalue weighted by Crippen LogP contribution is -2.55. The summed E-state index contributed by atoms with van der Waals surface area (Å²) in [7, 11) is 0. The third-order valence-corrected chi connectivity index (χ3v) is 11.9. The Morgan fingerprint density at radius 1 is 0.982 bits per heavy atom. The Labute approximate surface area is 338 Å². The van der Waals surface area contributed by atoms with Crippen LogP contribution >= 0.6 is 23.8 Å². The molecule has 1 aliphatic carbocycles. The summed E-state index contributed by atoms with van der Waals surface area (Å²) in [6.45, 7) is 4.30. The molecular weight excluding hydrogens is 781 g/mol. The predicted molar refractivity (Wildman–Crippen MR) is 210 cm³/mol. The van der Waals surface area contributed by atoms with Crippen molar-refractivity contribution in [1.29, 1.82) is 5.26 Å². The second kappa shape index (κ2) is 16.5. The number of thiocarbonyl (C=S) groups is 1. The SMILES string of the molecule is N#Cc1ccc(N2C(=O)C3(CCC3)N(c3ccc(OCCN4CCN(CC(=O)Cc5cccc(CC6CCC(=O)NC6=O)c5)CC4)c(Cl)c3)C2=S)cc1C(F)(F)F. The number of nitriles is 1. The minimum Gasteiger partial charge on any atom is -0.491 e. The molecule has 1 spiro atoms. The van der Waals surface area contributed by atoms with Crippen molar-refractivity contribution >= 4 is 63.8 Å². The fourth-order valence-corrected chi connectivity index (χ4v) is 8.73. The minimum absolute atomic E-state index is 0.0272. The molecule has 3 saturated heterocycles. The highest BCUT2D eigenvalue weighted by Crippen LogP contribution is 2.49. The van der Waals surface area contributed by atoms with E-state index in [4.69, 9.17) is 28.6 Å². The summed E-state index contributed by atoms with van der Waals surface area (Å²) in [6.07, 6.45) is -1.43. The normalized spacial score (nSPS) is 20.1. The molecule has 57 heavy (non-hydrogen) atoms. The highest BCUT2D eigenvalue weighted by atomic mass is 35.5. The molecule has 1 atom stereocenters. The first kappa shape index (κ1) is 40.3. The van der Waals surface area contributed by atoms with Gasteiger partial charge in [-0.25, -0.2) is 0 Å². The van der Waals surface area contributed by atoms with Crippen molar-refractivity contribution in [3.63, 3.8) is 0 Å². The van der Waals surface area contributed by atoms with E-state index >= 15 is 0 Å². The van der Waals surface area contributed by atoms with E-state index in [-0.39, 0.29) is 34.3 Å². The Kier molecular flexibility index (Phi) is 11.7. The van der Waals surface area contributed by atoms with Gasteiger partial charge >= 0.3 is 6.18 Å². The number of halogens is 4. The second-order valence-corrected chi connectivity index (χ2v) is 15.7. The van der Waals surface area contributed by atoms with Gasteiger partial charge in [-0.2, -0.15) is 18.4 Å². The number of Topliss-reactive ketones (excluding diaryl/α,β-unsaturated/α-hetero) is 1. The van der Waals surface area contributed by atoms with Crippen LogP contribution in [-0.4, -0.2) is 89.8 Å². The van der Waals surface area contributed by atoms with Crippen LogP contribution in [0.5, 0.6) is 5.75 Å². The van der Waals surface area contributed by atoms with Gasteiger partial charge in [0.1, 0.15) is 17.9 Å². The lowest BCUT2D eigenvalue weighted by Gasteiger charge is -2.43. The average Bonchev–Trinajstić information content (AvgIpc) is 3.40. The van der Waals surface area contributed by atoms with Gasteiger partial charge in [-0.3, -0.25) is 39.2 Å². The van der Waals surface area contributed by atoms with E-state index in [0.29, 0.717) is 74.7 Å². The van der Waals surface area contributed by atoms with Crippen molar-refractivity contribution in [3.8, 4) is 11.8 Å². The molecule has 3 heterocycles. The van der Waals surface area contributed by atoms with E-state index in [1.165, 1.54) is 6.07 Å². The summed E-state index contributed by atoms with van der Waals surface area (Å²) < 4.78 is 47.4. The molecule has 3 amide bonds. The number of nitrogens with one attached hydrogen (secondary N) is 1. The Morgan fingerprint density at radius 2 is 1.70 bits per heavy atom. The number of piperidine rings is 1. The van der Waals surface area contributed by atoms with E-state index in [2.05, 4.69) is 15.1 Å². The number of piperazine rings is 1. The molecule has 3 aromatic carbocycles. The predicted octanol–water partition coefficient (Wildman–Crippen LogP) is 5.69. The van der Waals surface area contributed by atoms with Crippen LogP contribution in [0.3, 0.4) is 0 Å². The first-order valence-corrected chi connectivity index (χ1v) is 19.6. The highest BCUT2D eigenvalue weighted by molar-refractivity contribution is 7.81. The van der Waals surface area contributed by atoms with E-state index < -0.39 is 28.7 Å². The fourth-order valence-electron chi connectivity index (χ4n) is 8.03. The molecule has 4 fully saturated rings. The summed E-state index contributed by atoms with van der Waals surface area (Å²) in [5, 5.41) is 12.0. The zero-order valence-electron chi connectivity index (χ0n) is 30.9. The van der Waals surface area contributed by atoms with Crippen molar-refractivity contribution in [2.75, 3.05) is 55.7 Å². The first-order valence-electron chi connectivity index (χ1n) is 18.9. The molecule has 4 aliphatic rings. The number of hydrogen-bond donors (Lipinski definition) is 1. The van der Waals surface area contributed by atoms with Gasteiger partial charge in [0.25, 0.3) is 5.91 Å². The van der Waals surface area contributed by atoms with Gasteiger partial charge in [-0.15, -0.1) is 0 Å². The minimum atomic E-state index is -4.79. The van der Waals surface area contributed by atoms with E-state index in [0.717, 1.165) is 60.8 Å². The highest BCUT2D eigenvalue weighted by Gasteiger charge is 2.59. The van der Waals surface area contributed by atoms with Gasteiger partial charge in [0.15, 0.2) is 10.9 Å². The van der Waals surface area contributed by atoms with Crippen LogP contribution in [0.2, 0.25) is 5.02 Å². The van der Waals surface area contributed by atoms with Crippen molar-refractivity contribution in [2.45, 2.75) is 56.7 Å². The summed E-state index contributed by atoms with van der Waals surface area (Å²) in [4.78, 5) is 57.7. The average molecular weight is 821 g/mol. The van der Waals surface area contributed by atoms with E-state index in [1.807, 2.05) is 24.3 Å². The summed E-state index contributed by atoms with van der Waals surface area (Å²) in [5.41, 5.74) is -0.403. The number of imide groups is 1. The third-order valence-electron chi connectivity index (χ3n) is 11.2. The smallest absolute Gasteiger partial charge is 0.417 e. The number of ether oxygens (including phenoxy) is 1.